The fourth-order valence-corrected chi connectivity index (χ4v) is 2.46. The fraction of sp³-hybridized carbons (Fsp3) is 0.467. The molecule has 108 valence electrons. The monoisotopic (exact) mass is 275 g/mol. The molecule has 0 aromatic heterocycles. The van der Waals surface area contributed by atoms with Crippen molar-refractivity contribution in [3.8, 4) is 0 Å². The summed E-state index contributed by atoms with van der Waals surface area (Å²) in [5.74, 6) is -0.176. The van der Waals surface area contributed by atoms with E-state index in [-0.39, 0.29) is 11.7 Å². The van der Waals surface area contributed by atoms with Gasteiger partial charge < -0.3 is 16.3 Å². The Labute approximate surface area is 118 Å². The van der Waals surface area contributed by atoms with Gasteiger partial charge >= 0.3 is 0 Å². The third kappa shape index (κ3) is 2.35. The third-order valence-corrected chi connectivity index (χ3v) is 4.02. The number of amides is 1. The smallest absolute Gasteiger partial charge is 0.238 e. The second kappa shape index (κ2) is 5.53. The van der Waals surface area contributed by atoms with Crippen LogP contribution in [0.15, 0.2) is 23.4 Å². The lowest BCUT2D eigenvalue weighted by Crippen LogP contribution is -2.37. The molecule has 0 radical (unpaired) electrons. The van der Waals surface area contributed by atoms with Crippen molar-refractivity contribution in [2.45, 2.75) is 39.5 Å². The van der Waals surface area contributed by atoms with Crippen LogP contribution < -0.4 is 11.1 Å². The molecule has 0 atom stereocenters. The molecule has 5 heteroatoms. The predicted molar refractivity (Wildman–Crippen MR) is 78.9 cm³/mol. The number of nitrogens with zero attached hydrogens (tertiary/aromatic N) is 1. The molecule has 20 heavy (non-hydrogen) atoms. The van der Waals surface area contributed by atoms with Crippen LogP contribution in [0.3, 0.4) is 0 Å². The van der Waals surface area contributed by atoms with Crippen molar-refractivity contribution in [2.75, 3.05) is 5.32 Å². The van der Waals surface area contributed by atoms with Crippen molar-refractivity contribution in [3.63, 3.8) is 0 Å². The Morgan fingerprint density at radius 3 is 2.30 bits per heavy atom. The molecule has 4 N–H and O–H groups in total. The quantitative estimate of drug-likeness (QED) is 0.333. The molecule has 0 aliphatic heterocycles. The number of benzene rings is 1. The Bertz CT molecular complexity index is 526. The van der Waals surface area contributed by atoms with Gasteiger partial charge in [0.2, 0.25) is 5.91 Å². The molecule has 1 aromatic rings. The van der Waals surface area contributed by atoms with E-state index in [1.807, 2.05) is 18.2 Å². The van der Waals surface area contributed by atoms with Crippen molar-refractivity contribution < 1.29 is 10.0 Å². The summed E-state index contributed by atoms with van der Waals surface area (Å²) in [5, 5.41) is 14.8. The zero-order valence-corrected chi connectivity index (χ0v) is 11.9. The minimum absolute atomic E-state index is 0.00188. The molecule has 0 saturated heterocycles. The molecule has 1 aliphatic rings. The molecule has 5 nitrogen and oxygen atoms in total. The Balaban J connectivity index is 2.29. The zero-order valence-electron chi connectivity index (χ0n) is 11.9. The Morgan fingerprint density at radius 2 is 1.90 bits per heavy atom. The molecule has 1 aliphatic carbocycles. The van der Waals surface area contributed by atoms with E-state index in [1.165, 1.54) is 0 Å². The van der Waals surface area contributed by atoms with Crippen molar-refractivity contribution in [1.29, 1.82) is 0 Å². The highest BCUT2D eigenvalue weighted by Crippen LogP contribution is 2.47. The normalized spacial score (nSPS) is 16.8. The number of aryl methyl sites for hydroxylation is 2. The number of amidine groups is 1. The van der Waals surface area contributed by atoms with Gasteiger partial charge in [0, 0.05) is 5.69 Å². The number of carbonyl (C=O) groups is 1. The van der Waals surface area contributed by atoms with E-state index < -0.39 is 5.41 Å². The van der Waals surface area contributed by atoms with Crippen LogP contribution in [0.25, 0.3) is 0 Å². The number of anilines is 1. The second-order valence-corrected chi connectivity index (χ2v) is 5.18. The number of carbonyl (C=O) groups excluding carboxylic acids is 1. The van der Waals surface area contributed by atoms with Crippen LogP contribution in [0.4, 0.5) is 5.69 Å². The number of nitrogens with two attached hydrogens (primary N) is 1. The lowest BCUT2D eigenvalue weighted by molar-refractivity contribution is -0.119. The number of hydrogen-bond acceptors (Lipinski definition) is 3. The molecular weight excluding hydrogens is 254 g/mol. The van der Waals surface area contributed by atoms with Crippen molar-refractivity contribution >= 4 is 17.4 Å². The SMILES string of the molecule is CCc1cccc(CC)c1NC(=O)C1(/C(N)=N/O)CC1. The van der Waals surface area contributed by atoms with Gasteiger partial charge in [0.05, 0.1) is 0 Å². The first kappa shape index (κ1) is 14.4. The van der Waals surface area contributed by atoms with E-state index in [0.29, 0.717) is 12.8 Å². The molecule has 0 bridgehead atoms. The first-order valence-electron chi connectivity index (χ1n) is 6.99. The molecular formula is C15H21N3O2. The Kier molecular flexibility index (Phi) is 3.97. The van der Waals surface area contributed by atoms with Crippen LogP contribution in [0.2, 0.25) is 0 Å². The topological polar surface area (TPSA) is 87.7 Å². The van der Waals surface area contributed by atoms with Crippen LogP contribution in [0.5, 0.6) is 0 Å². The summed E-state index contributed by atoms with van der Waals surface area (Å²) in [6.45, 7) is 4.11. The number of rotatable bonds is 5. The van der Waals surface area contributed by atoms with Gasteiger partial charge in [-0.15, -0.1) is 0 Å². The number of para-hydroxylation sites is 1. The molecule has 1 fully saturated rings. The summed E-state index contributed by atoms with van der Waals surface area (Å²) in [4.78, 5) is 12.5. The minimum Gasteiger partial charge on any atom is -0.409 e. The highest BCUT2D eigenvalue weighted by Gasteiger charge is 2.54. The standard InChI is InChI=1S/C15H21N3O2/c1-3-10-6-5-7-11(4-2)12(10)17-14(19)15(8-9-15)13(16)18-20/h5-7,20H,3-4,8-9H2,1-2H3,(H2,16,18)(H,17,19). The van der Waals surface area contributed by atoms with Crippen LogP contribution in [-0.4, -0.2) is 17.0 Å². The van der Waals surface area contributed by atoms with E-state index in [1.54, 1.807) is 0 Å². The first-order chi connectivity index (χ1) is 9.58. The number of nitrogens with one attached hydrogen (secondary N) is 1. The van der Waals surface area contributed by atoms with Gasteiger partial charge in [-0.1, -0.05) is 37.2 Å². The molecule has 0 unspecified atom stereocenters. The summed E-state index contributed by atoms with van der Waals surface area (Å²) in [5.41, 5.74) is 7.91. The minimum atomic E-state index is -0.819. The molecule has 1 aromatic carbocycles. The van der Waals surface area contributed by atoms with Gasteiger partial charge in [-0.2, -0.15) is 0 Å². The fourth-order valence-electron chi connectivity index (χ4n) is 2.46. The molecule has 0 heterocycles. The van der Waals surface area contributed by atoms with E-state index in [2.05, 4.69) is 24.3 Å². The second-order valence-electron chi connectivity index (χ2n) is 5.18. The average molecular weight is 275 g/mol. The molecule has 1 amide bonds. The van der Waals surface area contributed by atoms with Gasteiger partial charge in [-0.25, -0.2) is 0 Å². The Morgan fingerprint density at radius 1 is 1.35 bits per heavy atom. The summed E-state index contributed by atoms with van der Waals surface area (Å²) < 4.78 is 0. The first-order valence-corrected chi connectivity index (χ1v) is 6.99. The number of hydrogen-bond donors (Lipinski definition) is 3. The highest BCUT2D eigenvalue weighted by atomic mass is 16.4. The van der Waals surface area contributed by atoms with Gasteiger partial charge in [-0.3, -0.25) is 4.79 Å². The summed E-state index contributed by atoms with van der Waals surface area (Å²) in [7, 11) is 0. The maximum Gasteiger partial charge on any atom is 0.238 e. The predicted octanol–water partition coefficient (Wildman–Crippen LogP) is 2.28. The average Bonchev–Trinajstić information content (AvgIpc) is 3.28. The van der Waals surface area contributed by atoms with Gasteiger partial charge in [0.1, 0.15) is 5.41 Å². The van der Waals surface area contributed by atoms with Crippen LogP contribution in [0.1, 0.15) is 37.8 Å². The van der Waals surface area contributed by atoms with Gasteiger partial charge in [-0.05, 0) is 36.8 Å². The van der Waals surface area contributed by atoms with Crippen LogP contribution in [-0.2, 0) is 17.6 Å². The third-order valence-electron chi connectivity index (χ3n) is 4.02. The van der Waals surface area contributed by atoms with E-state index in [9.17, 15) is 4.79 Å². The highest BCUT2D eigenvalue weighted by molar-refractivity contribution is 6.14. The van der Waals surface area contributed by atoms with Crippen molar-refractivity contribution in [2.24, 2.45) is 16.3 Å². The molecule has 0 spiro atoms. The number of oxime groups is 1. The lowest BCUT2D eigenvalue weighted by Gasteiger charge is -2.18. The summed E-state index contributed by atoms with van der Waals surface area (Å²) in [6, 6.07) is 6.03. The maximum atomic E-state index is 12.5. The van der Waals surface area contributed by atoms with Crippen LogP contribution >= 0.6 is 0 Å². The van der Waals surface area contributed by atoms with Gasteiger partial charge in [0.15, 0.2) is 5.84 Å². The summed E-state index contributed by atoms with van der Waals surface area (Å²) >= 11 is 0. The van der Waals surface area contributed by atoms with E-state index in [0.717, 1.165) is 29.7 Å². The van der Waals surface area contributed by atoms with E-state index in [4.69, 9.17) is 10.9 Å². The zero-order chi connectivity index (χ0) is 14.8. The maximum absolute atomic E-state index is 12.5. The molecule has 1 saturated carbocycles. The van der Waals surface area contributed by atoms with Crippen LogP contribution in [0, 0.1) is 5.41 Å². The lowest BCUT2D eigenvalue weighted by atomic mass is 10.0. The molecule has 2 rings (SSSR count). The Hall–Kier alpha value is -2.04. The van der Waals surface area contributed by atoms with Crippen molar-refractivity contribution in [1.82, 2.24) is 0 Å². The van der Waals surface area contributed by atoms with Gasteiger partial charge in [0.25, 0.3) is 0 Å². The summed E-state index contributed by atoms with van der Waals surface area (Å²) in [6.07, 6.45) is 2.95. The van der Waals surface area contributed by atoms with E-state index >= 15 is 0 Å². The van der Waals surface area contributed by atoms with Crippen molar-refractivity contribution in [3.05, 3.63) is 29.3 Å². The largest absolute Gasteiger partial charge is 0.409 e.